The average Bonchev–Trinajstić information content (AvgIpc) is 3.15. The van der Waals surface area contributed by atoms with Gasteiger partial charge in [-0.2, -0.15) is 0 Å². The van der Waals surface area contributed by atoms with Crippen LogP contribution in [0.2, 0.25) is 0 Å². The summed E-state index contributed by atoms with van der Waals surface area (Å²) in [7, 11) is 5.19. The molecular weight excluding hydrogens is 414 g/mol. The highest BCUT2D eigenvalue weighted by molar-refractivity contribution is 7.20. The number of aryl methyl sites for hydroxylation is 1. The second-order valence-electron chi connectivity index (χ2n) is 6.91. The van der Waals surface area contributed by atoms with Crippen molar-refractivity contribution < 1.29 is 9.53 Å². The number of hydrogen-bond acceptors (Lipinski definition) is 9. The van der Waals surface area contributed by atoms with Crippen molar-refractivity contribution in [3.63, 3.8) is 0 Å². The molecule has 9 nitrogen and oxygen atoms in total. The fourth-order valence-corrected chi connectivity index (χ4v) is 4.39. The van der Waals surface area contributed by atoms with Crippen molar-refractivity contribution in [2.75, 3.05) is 26.1 Å². The summed E-state index contributed by atoms with van der Waals surface area (Å²) < 4.78 is 5.17. The molecule has 0 bridgehead atoms. The van der Waals surface area contributed by atoms with Gasteiger partial charge >= 0.3 is 0 Å². The lowest BCUT2D eigenvalue weighted by Gasteiger charge is -2.18. The summed E-state index contributed by atoms with van der Waals surface area (Å²) in [6, 6.07) is 5.44. The molecule has 0 atom stereocenters. The van der Waals surface area contributed by atoms with Gasteiger partial charge in [-0.25, -0.2) is 24.9 Å². The van der Waals surface area contributed by atoms with Crippen LogP contribution in [0.15, 0.2) is 43.1 Å². The summed E-state index contributed by atoms with van der Waals surface area (Å²) in [4.78, 5) is 39.6. The summed E-state index contributed by atoms with van der Waals surface area (Å²) in [5, 5.41) is 0.824. The minimum atomic E-state index is -0.0826. The molecule has 4 aromatic heterocycles. The number of ether oxygens (including phenoxy) is 1. The van der Waals surface area contributed by atoms with Crippen LogP contribution in [-0.4, -0.2) is 56.9 Å². The summed E-state index contributed by atoms with van der Waals surface area (Å²) in [6.45, 7) is 2.35. The zero-order valence-corrected chi connectivity index (χ0v) is 18.4. The number of carbonyl (C=O) groups excluding carboxylic acids is 1. The highest BCUT2D eigenvalue weighted by Gasteiger charge is 2.24. The highest BCUT2D eigenvalue weighted by atomic mass is 32.1. The van der Waals surface area contributed by atoms with Crippen molar-refractivity contribution in [2.24, 2.45) is 0 Å². The number of amides is 1. The van der Waals surface area contributed by atoms with E-state index < -0.39 is 0 Å². The lowest BCUT2D eigenvalue weighted by molar-refractivity contribution is 0.0789. The lowest BCUT2D eigenvalue weighted by Crippen LogP contribution is -2.26. The summed E-state index contributed by atoms with van der Waals surface area (Å²) in [6.07, 6.45) is 6.51. The molecule has 0 spiro atoms. The molecule has 0 aliphatic carbocycles. The Balaban J connectivity index is 1.67. The van der Waals surface area contributed by atoms with E-state index in [1.54, 1.807) is 48.6 Å². The Morgan fingerprint density at radius 1 is 1.10 bits per heavy atom. The van der Waals surface area contributed by atoms with Gasteiger partial charge in [-0.15, -0.1) is 11.3 Å². The van der Waals surface area contributed by atoms with E-state index in [9.17, 15) is 4.79 Å². The molecule has 0 unspecified atom stereocenters. The number of pyridine rings is 1. The average molecular weight is 436 g/mol. The summed E-state index contributed by atoms with van der Waals surface area (Å²) >= 11 is 1.36. The molecule has 0 aliphatic rings. The highest BCUT2D eigenvalue weighted by Crippen LogP contribution is 2.36. The number of thiophene rings is 1. The first-order valence-electron chi connectivity index (χ1n) is 9.48. The monoisotopic (exact) mass is 435 g/mol. The quantitative estimate of drug-likeness (QED) is 0.455. The third-order valence-electron chi connectivity index (χ3n) is 4.85. The van der Waals surface area contributed by atoms with Crippen molar-refractivity contribution in [1.29, 1.82) is 0 Å². The third kappa shape index (κ3) is 4.02. The van der Waals surface area contributed by atoms with E-state index in [0.717, 1.165) is 21.3 Å². The molecule has 0 aromatic carbocycles. The Morgan fingerprint density at radius 2 is 1.87 bits per heavy atom. The third-order valence-corrected chi connectivity index (χ3v) is 6.03. The molecule has 31 heavy (non-hydrogen) atoms. The van der Waals surface area contributed by atoms with Crippen LogP contribution >= 0.6 is 11.3 Å². The van der Waals surface area contributed by atoms with E-state index in [4.69, 9.17) is 4.74 Å². The van der Waals surface area contributed by atoms with Gasteiger partial charge < -0.3 is 9.64 Å². The standard InChI is InChI=1S/C21H21N7O2S/c1-13-16-18(28(3)21-23-7-5-8-24-21)25-12-26-19(16)31-17(13)20(29)27(2)11-14-6-9-22-15(10-14)30-4/h5-10,12H,11H2,1-4H3. The molecule has 4 rings (SSSR count). The Bertz CT molecular complexity index is 1230. The zero-order valence-electron chi connectivity index (χ0n) is 17.6. The minimum Gasteiger partial charge on any atom is -0.481 e. The molecule has 4 heterocycles. The second kappa shape index (κ2) is 8.60. The number of methoxy groups -OCH3 is 1. The van der Waals surface area contributed by atoms with Crippen LogP contribution < -0.4 is 9.64 Å². The fourth-order valence-electron chi connectivity index (χ4n) is 3.25. The maximum Gasteiger partial charge on any atom is 0.264 e. The van der Waals surface area contributed by atoms with E-state index in [1.165, 1.54) is 17.7 Å². The second-order valence-corrected chi connectivity index (χ2v) is 7.91. The molecule has 0 radical (unpaired) electrons. The van der Waals surface area contributed by atoms with Gasteiger partial charge in [-0.1, -0.05) is 0 Å². The molecule has 1 amide bonds. The number of rotatable bonds is 6. The fraction of sp³-hybridized carbons (Fsp3) is 0.238. The first-order chi connectivity index (χ1) is 15.0. The maximum absolute atomic E-state index is 13.2. The first-order valence-corrected chi connectivity index (χ1v) is 10.3. The van der Waals surface area contributed by atoms with E-state index in [0.29, 0.717) is 29.1 Å². The number of aromatic nitrogens is 5. The minimum absolute atomic E-state index is 0.0826. The molecule has 0 saturated heterocycles. The van der Waals surface area contributed by atoms with Gasteiger partial charge in [0.1, 0.15) is 17.0 Å². The number of anilines is 2. The SMILES string of the molecule is COc1cc(CN(C)C(=O)c2sc3ncnc(N(C)c4ncccn4)c3c2C)ccn1. The lowest BCUT2D eigenvalue weighted by atomic mass is 10.1. The van der Waals surface area contributed by atoms with Crippen molar-refractivity contribution in [3.8, 4) is 5.88 Å². The van der Waals surface area contributed by atoms with Gasteiger partial charge in [0.25, 0.3) is 5.91 Å². The van der Waals surface area contributed by atoms with Crippen molar-refractivity contribution in [1.82, 2.24) is 29.8 Å². The van der Waals surface area contributed by atoms with E-state index >= 15 is 0 Å². The predicted octanol–water partition coefficient (Wildman–Crippen LogP) is 3.23. The van der Waals surface area contributed by atoms with Crippen LogP contribution in [0.5, 0.6) is 5.88 Å². The number of carbonyl (C=O) groups is 1. The van der Waals surface area contributed by atoms with E-state index in [1.807, 2.05) is 26.1 Å². The van der Waals surface area contributed by atoms with Crippen LogP contribution in [-0.2, 0) is 6.54 Å². The van der Waals surface area contributed by atoms with Gasteiger partial charge in [0.15, 0.2) is 0 Å². The van der Waals surface area contributed by atoms with E-state index in [2.05, 4.69) is 24.9 Å². The van der Waals surface area contributed by atoms with Crippen molar-refractivity contribution >= 4 is 39.2 Å². The molecule has 10 heteroatoms. The van der Waals surface area contributed by atoms with Crippen LogP contribution in [0.4, 0.5) is 11.8 Å². The first kappa shape index (κ1) is 20.6. The molecule has 0 fully saturated rings. The normalized spacial score (nSPS) is 10.8. The van der Waals surface area contributed by atoms with Crippen LogP contribution in [0, 0.1) is 6.92 Å². The van der Waals surface area contributed by atoms with Crippen molar-refractivity contribution in [3.05, 3.63) is 59.1 Å². The Hall–Kier alpha value is -3.66. The van der Waals surface area contributed by atoms with Gasteiger partial charge in [-0.3, -0.25) is 9.69 Å². The maximum atomic E-state index is 13.2. The predicted molar refractivity (Wildman–Crippen MR) is 119 cm³/mol. The number of nitrogens with zero attached hydrogens (tertiary/aromatic N) is 7. The molecule has 4 aromatic rings. The van der Waals surface area contributed by atoms with Gasteiger partial charge in [0.2, 0.25) is 11.8 Å². The van der Waals surface area contributed by atoms with Gasteiger partial charge in [-0.05, 0) is 30.2 Å². The molecule has 158 valence electrons. The molecule has 0 N–H and O–H groups in total. The van der Waals surface area contributed by atoms with E-state index in [-0.39, 0.29) is 5.91 Å². The number of hydrogen-bond donors (Lipinski definition) is 0. The Kier molecular flexibility index (Phi) is 5.72. The van der Waals surface area contributed by atoms with Gasteiger partial charge in [0, 0.05) is 45.3 Å². The van der Waals surface area contributed by atoms with Crippen molar-refractivity contribution in [2.45, 2.75) is 13.5 Å². The molecular formula is C21H21N7O2S. The Labute approximate surface area is 183 Å². The summed E-state index contributed by atoms with van der Waals surface area (Å²) in [5.74, 6) is 1.61. The topological polar surface area (TPSA) is 97.2 Å². The smallest absolute Gasteiger partial charge is 0.264 e. The summed E-state index contributed by atoms with van der Waals surface area (Å²) in [5.41, 5.74) is 1.77. The van der Waals surface area contributed by atoms with Crippen LogP contribution in [0.25, 0.3) is 10.2 Å². The Morgan fingerprint density at radius 3 is 2.61 bits per heavy atom. The molecule has 0 aliphatic heterocycles. The van der Waals surface area contributed by atoms with Crippen LogP contribution in [0.1, 0.15) is 20.8 Å². The number of fused-ring (bicyclic) bond motifs is 1. The zero-order chi connectivity index (χ0) is 22.0. The van der Waals surface area contributed by atoms with Crippen LogP contribution in [0.3, 0.4) is 0 Å². The van der Waals surface area contributed by atoms with Gasteiger partial charge in [0.05, 0.1) is 17.4 Å². The molecule has 0 saturated carbocycles. The largest absolute Gasteiger partial charge is 0.481 e.